The Kier molecular flexibility index (Phi) is 6.20. The van der Waals surface area contributed by atoms with Crippen LogP contribution < -0.4 is 10.2 Å². The number of amides is 1. The second-order valence-electron chi connectivity index (χ2n) is 4.83. The first-order chi connectivity index (χ1) is 10.7. The van der Waals surface area contributed by atoms with Crippen molar-refractivity contribution in [3.63, 3.8) is 0 Å². The Morgan fingerprint density at radius 3 is 2.82 bits per heavy atom. The topological polar surface area (TPSA) is 75.9 Å². The van der Waals surface area contributed by atoms with Gasteiger partial charge in [0, 0.05) is 32.9 Å². The summed E-state index contributed by atoms with van der Waals surface area (Å²) in [7, 11) is 3.80. The van der Waals surface area contributed by atoms with Crippen molar-refractivity contribution < 1.29 is 4.79 Å². The first-order valence-corrected chi connectivity index (χ1v) is 8.03. The maximum Gasteiger partial charge on any atom is 0.230 e. The van der Waals surface area contributed by atoms with E-state index in [1.807, 2.05) is 25.2 Å². The lowest BCUT2D eigenvalue weighted by Crippen LogP contribution is -2.29. The third kappa shape index (κ3) is 5.03. The smallest absolute Gasteiger partial charge is 0.230 e. The van der Waals surface area contributed by atoms with E-state index >= 15 is 0 Å². The molecule has 0 aliphatic rings. The van der Waals surface area contributed by atoms with Crippen LogP contribution in [0.5, 0.6) is 0 Å². The maximum atomic E-state index is 11.7. The fourth-order valence-corrected chi connectivity index (χ4v) is 2.56. The monoisotopic (exact) mass is 320 g/mol. The number of rotatable bonds is 8. The van der Waals surface area contributed by atoms with Gasteiger partial charge < -0.3 is 10.2 Å². The van der Waals surface area contributed by atoms with Crippen LogP contribution in [0.15, 0.2) is 35.5 Å². The van der Waals surface area contributed by atoms with Gasteiger partial charge in [-0.15, -0.1) is 5.10 Å². The van der Waals surface area contributed by atoms with Crippen LogP contribution in [0, 0.1) is 0 Å². The lowest BCUT2D eigenvalue weighted by molar-refractivity contribution is -0.118. The van der Waals surface area contributed by atoms with Crippen molar-refractivity contribution in [2.75, 3.05) is 30.8 Å². The Labute approximate surface area is 134 Å². The van der Waals surface area contributed by atoms with Crippen molar-refractivity contribution in [3.05, 3.63) is 30.3 Å². The van der Waals surface area contributed by atoms with Crippen LogP contribution >= 0.6 is 11.8 Å². The van der Waals surface area contributed by atoms with Gasteiger partial charge in [0.2, 0.25) is 11.1 Å². The molecule has 2 aromatic rings. The molecule has 0 fully saturated rings. The number of carbonyl (C=O) groups excluding carboxylic acids is 1. The van der Waals surface area contributed by atoms with Crippen LogP contribution in [0.3, 0.4) is 0 Å². The summed E-state index contributed by atoms with van der Waals surface area (Å²) >= 11 is 1.33. The highest BCUT2D eigenvalue weighted by Gasteiger charge is 2.07. The Hall–Kier alpha value is -2.09. The lowest BCUT2D eigenvalue weighted by Gasteiger charge is -2.19. The highest BCUT2D eigenvalue weighted by Crippen LogP contribution is 2.12. The van der Waals surface area contributed by atoms with Crippen molar-refractivity contribution in [3.8, 4) is 0 Å². The molecule has 0 bridgehead atoms. The van der Waals surface area contributed by atoms with E-state index in [9.17, 15) is 4.79 Å². The zero-order chi connectivity index (χ0) is 15.8. The molecule has 1 amide bonds. The Morgan fingerprint density at radius 2 is 2.14 bits per heavy atom. The van der Waals surface area contributed by atoms with Crippen molar-refractivity contribution in [1.29, 1.82) is 0 Å². The molecule has 2 rings (SSSR count). The third-order valence-electron chi connectivity index (χ3n) is 3.10. The minimum atomic E-state index is -0.00429. The zero-order valence-electron chi connectivity index (χ0n) is 12.8. The minimum Gasteiger partial charge on any atom is -0.375 e. The predicted molar refractivity (Wildman–Crippen MR) is 86.9 cm³/mol. The lowest BCUT2D eigenvalue weighted by atomic mass is 10.3. The first kappa shape index (κ1) is 16.3. The fraction of sp³-hybridized carbons (Fsp3) is 0.429. The van der Waals surface area contributed by atoms with Crippen LogP contribution in [0.1, 0.15) is 6.42 Å². The number of nitrogens with zero attached hydrogens (tertiary/aromatic N) is 5. The normalized spacial score (nSPS) is 10.5. The number of para-hydroxylation sites is 1. The van der Waals surface area contributed by atoms with Crippen LogP contribution in [-0.4, -0.2) is 52.0 Å². The summed E-state index contributed by atoms with van der Waals surface area (Å²) in [5.74, 6) is 0.318. The molecule has 1 heterocycles. The summed E-state index contributed by atoms with van der Waals surface area (Å²) in [6.07, 6.45) is 0.896. The molecule has 0 atom stereocenters. The van der Waals surface area contributed by atoms with Gasteiger partial charge in [-0.3, -0.25) is 4.79 Å². The van der Waals surface area contributed by atoms with Crippen LogP contribution in [0.25, 0.3) is 0 Å². The molecule has 0 spiro atoms. The molecule has 0 unspecified atom stereocenters. The summed E-state index contributed by atoms with van der Waals surface area (Å²) < 4.78 is 1.55. The number of aryl methyl sites for hydroxylation is 1. The maximum absolute atomic E-state index is 11.7. The number of aromatic nitrogens is 4. The second kappa shape index (κ2) is 8.38. The number of carbonyl (C=O) groups is 1. The molecule has 1 N–H and O–H groups in total. The highest BCUT2D eigenvalue weighted by atomic mass is 32.2. The molecule has 22 heavy (non-hydrogen) atoms. The number of hydrogen-bond acceptors (Lipinski definition) is 6. The van der Waals surface area contributed by atoms with E-state index in [1.165, 1.54) is 17.4 Å². The molecule has 7 nitrogen and oxygen atoms in total. The number of thioether (sulfide) groups is 1. The second-order valence-corrected chi connectivity index (χ2v) is 5.78. The Morgan fingerprint density at radius 1 is 1.36 bits per heavy atom. The summed E-state index contributed by atoms with van der Waals surface area (Å²) in [5, 5.41) is 14.6. The van der Waals surface area contributed by atoms with Gasteiger partial charge in [-0.1, -0.05) is 30.0 Å². The van der Waals surface area contributed by atoms with Crippen molar-refractivity contribution in [2.24, 2.45) is 7.05 Å². The number of tetrazole rings is 1. The van der Waals surface area contributed by atoms with E-state index in [4.69, 9.17) is 0 Å². The largest absolute Gasteiger partial charge is 0.375 e. The van der Waals surface area contributed by atoms with Crippen molar-refractivity contribution >= 4 is 23.4 Å². The molecule has 118 valence electrons. The highest BCUT2D eigenvalue weighted by molar-refractivity contribution is 7.99. The molecular weight excluding hydrogens is 300 g/mol. The van der Waals surface area contributed by atoms with Crippen LogP contribution in [-0.2, 0) is 11.8 Å². The van der Waals surface area contributed by atoms with E-state index in [0.717, 1.165) is 13.0 Å². The first-order valence-electron chi connectivity index (χ1n) is 7.05. The number of benzene rings is 1. The molecule has 8 heteroatoms. The van der Waals surface area contributed by atoms with Crippen LogP contribution in [0.2, 0.25) is 0 Å². The quantitative estimate of drug-likeness (QED) is 0.576. The minimum absolute atomic E-state index is 0.00429. The van der Waals surface area contributed by atoms with Gasteiger partial charge in [-0.05, 0) is 29.0 Å². The SMILES string of the molecule is CN(CCCNC(=O)CSc1nnnn1C)c1ccccc1. The molecule has 0 radical (unpaired) electrons. The standard InChI is InChI=1S/C14H20N6OS/c1-19(12-7-4-3-5-8-12)10-6-9-15-13(21)11-22-14-16-17-18-20(14)2/h3-5,7-8H,6,9-11H2,1-2H3,(H,15,21). The van der Waals surface area contributed by atoms with Gasteiger partial charge in [0.15, 0.2) is 0 Å². The molecule has 1 aromatic carbocycles. The van der Waals surface area contributed by atoms with E-state index in [0.29, 0.717) is 17.5 Å². The average Bonchev–Trinajstić information content (AvgIpc) is 2.95. The van der Waals surface area contributed by atoms with Gasteiger partial charge >= 0.3 is 0 Å². The Bertz CT molecular complexity index is 588. The Balaban J connectivity index is 1.60. The van der Waals surface area contributed by atoms with Crippen LogP contribution in [0.4, 0.5) is 5.69 Å². The summed E-state index contributed by atoms with van der Waals surface area (Å²) in [6, 6.07) is 10.2. The van der Waals surface area contributed by atoms with Gasteiger partial charge in [-0.2, -0.15) is 0 Å². The van der Waals surface area contributed by atoms with Gasteiger partial charge in [0.1, 0.15) is 0 Å². The summed E-state index contributed by atoms with van der Waals surface area (Å²) in [4.78, 5) is 13.9. The number of nitrogens with one attached hydrogen (secondary N) is 1. The molecule has 0 saturated heterocycles. The fourth-order valence-electron chi connectivity index (χ4n) is 1.88. The van der Waals surface area contributed by atoms with Gasteiger partial charge in [-0.25, -0.2) is 4.68 Å². The zero-order valence-corrected chi connectivity index (χ0v) is 13.6. The molecule has 0 aliphatic heterocycles. The van der Waals surface area contributed by atoms with E-state index in [-0.39, 0.29) is 5.91 Å². The predicted octanol–water partition coefficient (Wildman–Crippen LogP) is 0.945. The van der Waals surface area contributed by atoms with Crippen molar-refractivity contribution in [2.45, 2.75) is 11.6 Å². The van der Waals surface area contributed by atoms with E-state index < -0.39 is 0 Å². The van der Waals surface area contributed by atoms with Gasteiger partial charge in [0.05, 0.1) is 5.75 Å². The van der Waals surface area contributed by atoms with Crippen molar-refractivity contribution in [1.82, 2.24) is 25.5 Å². The molecule has 0 saturated carbocycles. The van der Waals surface area contributed by atoms with E-state index in [2.05, 4.69) is 37.9 Å². The molecular formula is C14H20N6OS. The summed E-state index contributed by atoms with van der Waals surface area (Å²) in [6.45, 7) is 1.55. The average molecular weight is 320 g/mol. The number of anilines is 1. The summed E-state index contributed by atoms with van der Waals surface area (Å²) in [5.41, 5.74) is 1.18. The molecule has 1 aromatic heterocycles. The third-order valence-corrected chi connectivity index (χ3v) is 4.11. The number of hydrogen-bond donors (Lipinski definition) is 1. The van der Waals surface area contributed by atoms with Gasteiger partial charge in [0.25, 0.3) is 0 Å². The van der Waals surface area contributed by atoms with E-state index in [1.54, 1.807) is 11.7 Å². The molecule has 0 aliphatic carbocycles.